The fourth-order valence-electron chi connectivity index (χ4n) is 0.957. The zero-order valence-corrected chi connectivity index (χ0v) is 7.76. The highest BCUT2D eigenvalue weighted by atomic mass is 32.2. The van der Waals surface area contributed by atoms with Crippen LogP contribution in [0.1, 0.15) is 13.3 Å². The van der Waals surface area contributed by atoms with Gasteiger partial charge in [0.25, 0.3) is 0 Å². The Hall–Kier alpha value is -0.830. The van der Waals surface area contributed by atoms with Crippen LogP contribution in [-0.4, -0.2) is 14.2 Å². The SMILES string of the molecule is CCCS(=O)(=O)c1c[c]ccc1. The molecule has 0 unspecified atom stereocenters. The maximum Gasteiger partial charge on any atom is 0.178 e. The number of benzene rings is 1. The Labute approximate surface area is 73.2 Å². The molecule has 0 fully saturated rings. The minimum atomic E-state index is -3.04. The highest BCUT2D eigenvalue weighted by Crippen LogP contribution is 2.09. The summed E-state index contributed by atoms with van der Waals surface area (Å²) in [6.45, 7) is 1.85. The molecule has 0 spiro atoms. The zero-order valence-electron chi connectivity index (χ0n) is 6.95. The number of sulfone groups is 1. The van der Waals surface area contributed by atoms with E-state index < -0.39 is 9.84 Å². The minimum Gasteiger partial charge on any atom is -0.224 e. The monoisotopic (exact) mass is 183 g/mol. The van der Waals surface area contributed by atoms with Crippen LogP contribution in [-0.2, 0) is 9.84 Å². The molecular weight excluding hydrogens is 172 g/mol. The molecule has 0 saturated heterocycles. The summed E-state index contributed by atoms with van der Waals surface area (Å²) in [5, 5.41) is 0. The van der Waals surface area contributed by atoms with Crippen molar-refractivity contribution in [3.8, 4) is 0 Å². The summed E-state index contributed by atoms with van der Waals surface area (Å²) in [5.41, 5.74) is 0. The predicted octanol–water partition coefficient (Wildman–Crippen LogP) is 1.67. The van der Waals surface area contributed by atoms with Crippen molar-refractivity contribution in [1.29, 1.82) is 0 Å². The van der Waals surface area contributed by atoms with Crippen LogP contribution in [0.5, 0.6) is 0 Å². The Morgan fingerprint density at radius 1 is 1.50 bits per heavy atom. The van der Waals surface area contributed by atoms with Crippen LogP contribution in [0.2, 0.25) is 0 Å². The normalized spacial score (nSPS) is 11.4. The van der Waals surface area contributed by atoms with Gasteiger partial charge in [-0.15, -0.1) is 0 Å². The quantitative estimate of drug-likeness (QED) is 0.714. The zero-order chi connectivity index (χ0) is 9.03. The molecule has 1 rings (SSSR count). The van der Waals surface area contributed by atoms with E-state index >= 15 is 0 Å². The van der Waals surface area contributed by atoms with Gasteiger partial charge in [-0.3, -0.25) is 0 Å². The molecule has 12 heavy (non-hydrogen) atoms. The van der Waals surface area contributed by atoms with Crippen LogP contribution in [0.4, 0.5) is 0 Å². The van der Waals surface area contributed by atoms with Gasteiger partial charge in [-0.05, 0) is 24.6 Å². The fraction of sp³-hybridized carbons (Fsp3) is 0.333. The number of rotatable bonds is 3. The van der Waals surface area contributed by atoms with Gasteiger partial charge in [0.15, 0.2) is 9.84 Å². The van der Waals surface area contributed by atoms with Gasteiger partial charge in [0, 0.05) is 0 Å². The van der Waals surface area contributed by atoms with Crippen molar-refractivity contribution in [2.24, 2.45) is 0 Å². The third kappa shape index (κ3) is 2.08. The first-order valence-corrected chi connectivity index (χ1v) is 5.51. The van der Waals surface area contributed by atoms with Gasteiger partial charge in [-0.2, -0.15) is 0 Å². The van der Waals surface area contributed by atoms with Crippen molar-refractivity contribution in [2.75, 3.05) is 5.75 Å². The summed E-state index contributed by atoms with van der Waals surface area (Å²) >= 11 is 0. The molecule has 0 aliphatic rings. The third-order valence-corrected chi connectivity index (χ3v) is 3.43. The Balaban J connectivity index is 2.99. The molecule has 0 amide bonds. The average Bonchev–Trinajstić information content (AvgIpc) is 2.06. The lowest BCUT2D eigenvalue weighted by Crippen LogP contribution is -2.05. The molecule has 0 aliphatic carbocycles. The number of hydrogen-bond acceptors (Lipinski definition) is 2. The molecule has 1 aromatic rings. The van der Waals surface area contributed by atoms with E-state index in [1.165, 1.54) is 6.07 Å². The molecule has 0 aliphatic heterocycles. The maximum atomic E-state index is 11.4. The van der Waals surface area contributed by atoms with Gasteiger partial charge < -0.3 is 0 Å². The average molecular weight is 183 g/mol. The molecular formula is C9H11O2S. The van der Waals surface area contributed by atoms with E-state index in [2.05, 4.69) is 6.07 Å². The van der Waals surface area contributed by atoms with Crippen LogP contribution in [0.15, 0.2) is 29.2 Å². The van der Waals surface area contributed by atoms with Gasteiger partial charge in [0.2, 0.25) is 0 Å². The van der Waals surface area contributed by atoms with Crippen molar-refractivity contribution in [3.63, 3.8) is 0 Å². The Morgan fingerprint density at radius 2 is 2.25 bits per heavy atom. The standard InChI is InChI=1S/C9H11O2S/c1-2-8-12(10,11)9-6-4-3-5-7-9/h3-4,6-7H,2,8H2,1H3. The van der Waals surface area contributed by atoms with Crippen LogP contribution < -0.4 is 0 Å². The Kier molecular flexibility index (Phi) is 2.87. The van der Waals surface area contributed by atoms with Gasteiger partial charge in [0.1, 0.15) is 0 Å². The summed E-state index contributed by atoms with van der Waals surface area (Å²) in [6, 6.07) is 9.22. The van der Waals surface area contributed by atoms with E-state index in [1.54, 1.807) is 18.2 Å². The lowest BCUT2D eigenvalue weighted by Gasteiger charge is -2.00. The summed E-state index contributed by atoms with van der Waals surface area (Å²) in [4.78, 5) is 0.367. The van der Waals surface area contributed by atoms with Crippen molar-refractivity contribution < 1.29 is 8.42 Å². The molecule has 3 heteroatoms. The van der Waals surface area contributed by atoms with E-state index in [0.717, 1.165) is 0 Å². The molecule has 0 N–H and O–H groups in total. The first-order chi connectivity index (χ1) is 5.67. The Bertz CT molecular complexity index is 327. The summed E-state index contributed by atoms with van der Waals surface area (Å²) in [7, 11) is -3.04. The Morgan fingerprint density at radius 3 is 2.75 bits per heavy atom. The van der Waals surface area contributed by atoms with Crippen molar-refractivity contribution >= 4 is 9.84 Å². The van der Waals surface area contributed by atoms with E-state index in [1.807, 2.05) is 6.92 Å². The van der Waals surface area contributed by atoms with Crippen molar-refractivity contribution in [3.05, 3.63) is 30.3 Å². The third-order valence-electron chi connectivity index (χ3n) is 1.51. The van der Waals surface area contributed by atoms with Crippen molar-refractivity contribution in [2.45, 2.75) is 18.2 Å². The van der Waals surface area contributed by atoms with E-state index in [0.29, 0.717) is 11.3 Å². The van der Waals surface area contributed by atoms with Gasteiger partial charge in [0.05, 0.1) is 10.6 Å². The van der Waals surface area contributed by atoms with E-state index in [-0.39, 0.29) is 5.75 Å². The first kappa shape index (κ1) is 9.26. The van der Waals surface area contributed by atoms with Gasteiger partial charge >= 0.3 is 0 Å². The fourth-order valence-corrected chi connectivity index (χ4v) is 2.26. The first-order valence-electron chi connectivity index (χ1n) is 3.85. The molecule has 0 aromatic heterocycles. The lowest BCUT2D eigenvalue weighted by atomic mass is 10.4. The van der Waals surface area contributed by atoms with Crippen LogP contribution >= 0.6 is 0 Å². The summed E-state index contributed by atoms with van der Waals surface area (Å²) in [5.74, 6) is 0.213. The predicted molar refractivity (Wildman–Crippen MR) is 47.6 cm³/mol. The van der Waals surface area contributed by atoms with Crippen LogP contribution in [0.3, 0.4) is 0 Å². The maximum absolute atomic E-state index is 11.4. The lowest BCUT2D eigenvalue weighted by molar-refractivity contribution is 0.594. The van der Waals surface area contributed by atoms with E-state index in [9.17, 15) is 8.42 Å². The van der Waals surface area contributed by atoms with Crippen LogP contribution in [0.25, 0.3) is 0 Å². The molecule has 0 heterocycles. The van der Waals surface area contributed by atoms with Crippen molar-refractivity contribution in [1.82, 2.24) is 0 Å². The second-order valence-electron chi connectivity index (χ2n) is 2.56. The minimum absolute atomic E-state index is 0.213. The topological polar surface area (TPSA) is 34.1 Å². The molecule has 1 radical (unpaired) electrons. The molecule has 0 saturated carbocycles. The second-order valence-corrected chi connectivity index (χ2v) is 4.67. The summed E-state index contributed by atoms with van der Waals surface area (Å²) in [6.07, 6.45) is 0.650. The molecule has 1 aromatic carbocycles. The van der Waals surface area contributed by atoms with Gasteiger partial charge in [-0.1, -0.05) is 19.1 Å². The number of hydrogen-bond donors (Lipinski definition) is 0. The largest absolute Gasteiger partial charge is 0.224 e. The highest BCUT2D eigenvalue weighted by molar-refractivity contribution is 7.91. The summed E-state index contributed by atoms with van der Waals surface area (Å²) < 4.78 is 22.8. The smallest absolute Gasteiger partial charge is 0.178 e. The highest BCUT2D eigenvalue weighted by Gasteiger charge is 2.11. The van der Waals surface area contributed by atoms with Gasteiger partial charge in [-0.25, -0.2) is 8.42 Å². The molecule has 0 bridgehead atoms. The molecule has 65 valence electrons. The second kappa shape index (κ2) is 3.72. The molecule has 0 atom stereocenters. The molecule has 2 nitrogen and oxygen atoms in total. The van der Waals surface area contributed by atoms with E-state index in [4.69, 9.17) is 0 Å². The van der Waals surface area contributed by atoms with Crippen LogP contribution in [0, 0.1) is 6.07 Å².